The number of phenols is 1. The highest BCUT2D eigenvalue weighted by Crippen LogP contribution is 2.38. The van der Waals surface area contributed by atoms with Crippen LogP contribution in [-0.4, -0.2) is 28.1 Å². The average molecular weight is 364 g/mol. The molecule has 0 bridgehead atoms. The number of aryl methyl sites for hydroxylation is 1. The van der Waals surface area contributed by atoms with E-state index in [0.29, 0.717) is 28.4 Å². The molecule has 1 amide bonds. The van der Waals surface area contributed by atoms with Gasteiger partial charge in [-0.2, -0.15) is 0 Å². The molecule has 0 saturated carbocycles. The third kappa shape index (κ3) is 3.27. The van der Waals surface area contributed by atoms with Gasteiger partial charge in [0, 0.05) is 11.6 Å². The summed E-state index contributed by atoms with van der Waals surface area (Å²) in [6, 6.07) is 10.4. The summed E-state index contributed by atoms with van der Waals surface area (Å²) in [5, 5.41) is 10.1. The second-order valence-corrected chi connectivity index (χ2v) is 6.15. The van der Waals surface area contributed by atoms with Gasteiger partial charge in [-0.25, -0.2) is 9.97 Å². The predicted octanol–water partition coefficient (Wildman–Crippen LogP) is 2.82. The zero-order valence-electron chi connectivity index (χ0n) is 15.3. The molecule has 3 rings (SSSR count). The van der Waals surface area contributed by atoms with E-state index >= 15 is 0 Å². The first-order chi connectivity index (χ1) is 12.8. The Balaban J connectivity index is 2.34. The van der Waals surface area contributed by atoms with Crippen molar-refractivity contribution in [1.29, 1.82) is 0 Å². The highest BCUT2D eigenvalue weighted by molar-refractivity contribution is 6.01. The Kier molecular flexibility index (Phi) is 4.68. The Bertz CT molecular complexity index is 1050. The van der Waals surface area contributed by atoms with Crippen LogP contribution >= 0.6 is 0 Å². The van der Waals surface area contributed by atoms with Gasteiger partial charge in [-0.05, 0) is 48.7 Å². The van der Waals surface area contributed by atoms with Crippen molar-refractivity contribution in [3.63, 3.8) is 0 Å². The third-order valence-corrected chi connectivity index (χ3v) is 4.40. The second-order valence-electron chi connectivity index (χ2n) is 6.15. The summed E-state index contributed by atoms with van der Waals surface area (Å²) in [7, 11) is 1.52. The van der Waals surface area contributed by atoms with Crippen LogP contribution in [0.25, 0.3) is 22.5 Å². The lowest BCUT2D eigenvalue weighted by atomic mass is 9.93. The number of hydrogen-bond donors (Lipinski definition) is 3. The van der Waals surface area contributed by atoms with Crippen LogP contribution in [0.4, 0.5) is 5.69 Å². The van der Waals surface area contributed by atoms with Crippen LogP contribution in [0.15, 0.2) is 36.4 Å². The number of rotatable bonds is 4. The number of methoxy groups -OCH3 is 1. The van der Waals surface area contributed by atoms with E-state index in [1.54, 1.807) is 43.3 Å². The second kappa shape index (κ2) is 6.95. The van der Waals surface area contributed by atoms with Crippen LogP contribution < -0.4 is 16.2 Å². The Morgan fingerprint density at radius 3 is 2.52 bits per heavy atom. The Morgan fingerprint density at radius 2 is 1.85 bits per heavy atom. The van der Waals surface area contributed by atoms with Gasteiger partial charge in [-0.15, -0.1) is 0 Å². The zero-order chi connectivity index (χ0) is 19.7. The number of nitrogens with two attached hydrogens (primary N) is 2. The molecular weight excluding hydrogens is 344 g/mol. The lowest BCUT2D eigenvalue weighted by molar-refractivity contribution is 0.0996. The maximum absolute atomic E-state index is 11.9. The summed E-state index contributed by atoms with van der Waals surface area (Å²) in [5.41, 5.74) is 15.6. The largest absolute Gasteiger partial charge is 0.508 e. The summed E-state index contributed by atoms with van der Waals surface area (Å²) in [4.78, 5) is 20.6. The lowest BCUT2D eigenvalue weighted by Crippen LogP contribution is -2.17. The first-order valence-corrected chi connectivity index (χ1v) is 8.24. The zero-order valence-corrected chi connectivity index (χ0v) is 15.3. The fraction of sp³-hybridized carbons (Fsp3) is 0.150. The molecular formula is C20H20N4O3. The number of benzene rings is 1. The minimum Gasteiger partial charge on any atom is -0.508 e. The van der Waals surface area contributed by atoms with Crippen molar-refractivity contribution in [2.75, 3.05) is 12.8 Å². The SMILES string of the molecule is COc1cccc(-c2cc(-c3c(C)ccc(O)c3C)c(N)c(C(N)=O)n2)n1. The number of carbonyl (C=O) groups is 1. The van der Waals surface area contributed by atoms with E-state index in [1.807, 2.05) is 6.92 Å². The standard InChI is InChI=1S/C20H20N4O3/c1-10-7-8-15(25)11(2)17(10)12-9-14(24-19(18(12)21)20(22)26)13-5-4-6-16(23-13)27-3/h4-9,25H,21H2,1-3H3,(H2,22,26). The lowest BCUT2D eigenvalue weighted by Gasteiger charge is -2.16. The van der Waals surface area contributed by atoms with Gasteiger partial charge in [0.15, 0.2) is 5.69 Å². The first kappa shape index (κ1) is 18.2. The van der Waals surface area contributed by atoms with Crippen LogP contribution in [0, 0.1) is 13.8 Å². The van der Waals surface area contributed by atoms with Crippen molar-refractivity contribution in [2.24, 2.45) is 5.73 Å². The predicted molar refractivity (Wildman–Crippen MR) is 104 cm³/mol. The Labute approximate surface area is 156 Å². The molecule has 0 saturated heterocycles. The number of carbonyl (C=O) groups excluding carboxylic acids is 1. The highest BCUT2D eigenvalue weighted by atomic mass is 16.5. The number of phenolic OH excluding ortho intramolecular Hbond substituents is 1. The van der Waals surface area contributed by atoms with E-state index in [0.717, 1.165) is 11.1 Å². The fourth-order valence-electron chi connectivity index (χ4n) is 3.00. The van der Waals surface area contributed by atoms with Crippen molar-refractivity contribution in [3.05, 3.63) is 53.2 Å². The number of nitrogen functional groups attached to an aromatic ring is 1. The fourth-order valence-corrected chi connectivity index (χ4v) is 3.00. The van der Waals surface area contributed by atoms with Crippen molar-refractivity contribution >= 4 is 11.6 Å². The molecule has 1 aromatic carbocycles. The smallest absolute Gasteiger partial charge is 0.269 e. The molecule has 27 heavy (non-hydrogen) atoms. The molecule has 2 aromatic heterocycles. The molecule has 0 atom stereocenters. The molecule has 0 fully saturated rings. The van der Waals surface area contributed by atoms with Gasteiger partial charge in [0.05, 0.1) is 24.2 Å². The number of ether oxygens (including phenoxy) is 1. The minimum absolute atomic E-state index is 0.0470. The van der Waals surface area contributed by atoms with Crippen LogP contribution in [0.2, 0.25) is 0 Å². The molecule has 138 valence electrons. The number of anilines is 1. The van der Waals surface area contributed by atoms with Gasteiger partial charge in [-0.1, -0.05) is 12.1 Å². The molecule has 0 aliphatic rings. The Morgan fingerprint density at radius 1 is 1.11 bits per heavy atom. The van der Waals surface area contributed by atoms with E-state index in [4.69, 9.17) is 16.2 Å². The van der Waals surface area contributed by atoms with Crippen LogP contribution in [0.1, 0.15) is 21.6 Å². The quantitative estimate of drug-likeness (QED) is 0.654. The molecule has 5 N–H and O–H groups in total. The summed E-state index contributed by atoms with van der Waals surface area (Å²) in [6.45, 7) is 3.68. The number of primary amides is 1. The van der Waals surface area contributed by atoms with Crippen molar-refractivity contribution in [1.82, 2.24) is 9.97 Å². The van der Waals surface area contributed by atoms with Crippen LogP contribution in [0.5, 0.6) is 11.6 Å². The van der Waals surface area contributed by atoms with E-state index < -0.39 is 5.91 Å². The maximum Gasteiger partial charge on any atom is 0.269 e. The molecule has 0 aliphatic heterocycles. The molecule has 0 aliphatic carbocycles. The van der Waals surface area contributed by atoms with Crippen molar-refractivity contribution in [2.45, 2.75) is 13.8 Å². The normalized spacial score (nSPS) is 10.6. The van der Waals surface area contributed by atoms with Gasteiger partial charge >= 0.3 is 0 Å². The summed E-state index contributed by atoms with van der Waals surface area (Å²) < 4.78 is 5.16. The number of aromatic hydroxyl groups is 1. The molecule has 7 nitrogen and oxygen atoms in total. The number of pyridine rings is 2. The number of amides is 1. The molecule has 0 unspecified atom stereocenters. The number of nitrogens with zero attached hydrogens (tertiary/aromatic N) is 2. The number of hydrogen-bond acceptors (Lipinski definition) is 6. The summed E-state index contributed by atoms with van der Waals surface area (Å²) in [6.07, 6.45) is 0. The molecule has 3 aromatic rings. The van der Waals surface area contributed by atoms with Gasteiger partial charge in [-0.3, -0.25) is 4.79 Å². The van der Waals surface area contributed by atoms with Gasteiger partial charge in [0.25, 0.3) is 5.91 Å². The highest BCUT2D eigenvalue weighted by Gasteiger charge is 2.20. The summed E-state index contributed by atoms with van der Waals surface area (Å²) in [5.74, 6) is -0.194. The first-order valence-electron chi connectivity index (χ1n) is 8.24. The van der Waals surface area contributed by atoms with E-state index in [9.17, 15) is 9.90 Å². The number of aromatic nitrogens is 2. The van der Waals surface area contributed by atoms with Crippen LogP contribution in [0.3, 0.4) is 0 Å². The molecule has 2 heterocycles. The van der Waals surface area contributed by atoms with E-state index in [2.05, 4.69) is 9.97 Å². The van der Waals surface area contributed by atoms with Gasteiger partial charge in [0.2, 0.25) is 5.88 Å². The molecule has 0 radical (unpaired) electrons. The van der Waals surface area contributed by atoms with Crippen molar-refractivity contribution in [3.8, 4) is 34.1 Å². The minimum atomic E-state index is -0.742. The summed E-state index contributed by atoms with van der Waals surface area (Å²) >= 11 is 0. The van der Waals surface area contributed by atoms with Gasteiger partial charge < -0.3 is 21.3 Å². The topological polar surface area (TPSA) is 124 Å². The van der Waals surface area contributed by atoms with E-state index in [1.165, 1.54) is 7.11 Å². The average Bonchev–Trinajstić information content (AvgIpc) is 2.66. The maximum atomic E-state index is 11.9. The van der Waals surface area contributed by atoms with Crippen molar-refractivity contribution < 1.29 is 14.6 Å². The van der Waals surface area contributed by atoms with Crippen LogP contribution in [-0.2, 0) is 0 Å². The Hall–Kier alpha value is -3.61. The van der Waals surface area contributed by atoms with Gasteiger partial charge in [0.1, 0.15) is 5.75 Å². The molecule has 0 spiro atoms. The monoisotopic (exact) mass is 364 g/mol. The molecule has 7 heteroatoms. The third-order valence-electron chi connectivity index (χ3n) is 4.40. The van der Waals surface area contributed by atoms with E-state index in [-0.39, 0.29) is 17.1 Å².